The van der Waals surface area contributed by atoms with Crippen LogP contribution < -0.4 is 10.6 Å². The first-order valence-electron chi connectivity index (χ1n) is 3.67. The fourth-order valence-electron chi connectivity index (χ4n) is 0.814. The van der Waals surface area contributed by atoms with Crippen LogP contribution in [0.5, 0.6) is 0 Å². The molecule has 0 aliphatic carbocycles. The van der Waals surface area contributed by atoms with Crippen LogP contribution in [-0.4, -0.2) is 18.6 Å². The van der Waals surface area contributed by atoms with Gasteiger partial charge in [0.25, 0.3) is 0 Å². The lowest BCUT2D eigenvalue weighted by atomic mass is 10.4. The second kappa shape index (κ2) is 3.23. The number of hydrogen-bond acceptors (Lipinski definition) is 3. The molecule has 60 valence electrons. The van der Waals surface area contributed by atoms with E-state index in [2.05, 4.69) is 11.9 Å². The van der Waals surface area contributed by atoms with Gasteiger partial charge in [-0.3, -0.25) is 0 Å². The van der Waals surface area contributed by atoms with Crippen LogP contribution in [0.15, 0.2) is 18.2 Å². The highest BCUT2D eigenvalue weighted by molar-refractivity contribution is 5.43. The zero-order chi connectivity index (χ0) is 8.27. The Bertz CT molecular complexity index is 235. The number of hydrogen-bond donors (Lipinski definition) is 1. The number of anilines is 2. The lowest BCUT2D eigenvalue weighted by Gasteiger charge is -2.14. The fourth-order valence-corrected chi connectivity index (χ4v) is 0.814. The van der Waals surface area contributed by atoms with E-state index in [9.17, 15) is 0 Å². The Kier molecular flexibility index (Phi) is 2.31. The van der Waals surface area contributed by atoms with Crippen LogP contribution in [0.3, 0.4) is 0 Å². The van der Waals surface area contributed by atoms with Crippen molar-refractivity contribution in [2.24, 2.45) is 0 Å². The van der Waals surface area contributed by atoms with E-state index in [1.54, 1.807) is 6.07 Å². The smallest absolute Gasteiger partial charge is 0.130 e. The lowest BCUT2D eigenvalue weighted by molar-refractivity contribution is 0.940. The average molecular weight is 151 g/mol. The Labute approximate surface area is 66.8 Å². The minimum atomic E-state index is 0.572. The van der Waals surface area contributed by atoms with Crippen molar-refractivity contribution in [2.45, 2.75) is 6.92 Å². The molecule has 3 heteroatoms. The van der Waals surface area contributed by atoms with E-state index in [0.29, 0.717) is 5.82 Å². The molecule has 2 N–H and O–H groups in total. The number of nitrogen functional groups attached to an aromatic ring is 1. The van der Waals surface area contributed by atoms with E-state index in [1.165, 1.54) is 0 Å². The standard InChI is InChI=1S/C8H13N3/c1-3-11(2)8-6-4-5-7(9)10-8/h4-6H,3H2,1-2H3,(H2,9,10). The average Bonchev–Trinajstić information content (AvgIpc) is 2.03. The number of pyridine rings is 1. The molecule has 0 aromatic carbocycles. The van der Waals surface area contributed by atoms with Crippen molar-refractivity contribution in [2.75, 3.05) is 24.2 Å². The van der Waals surface area contributed by atoms with Crippen LogP contribution in [0.2, 0.25) is 0 Å². The molecular weight excluding hydrogens is 138 g/mol. The SMILES string of the molecule is CCN(C)c1cccc(N)n1. The van der Waals surface area contributed by atoms with E-state index in [-0.39, 0.29) is 0 Å². The van der Waals surface area contributed by atoms with E-state index >= 15 is 0 Å². The van der Waals surface area contributed by atoms with E-state index in [0.717, 1.165) is 12.4 Å². The number of aromatic nitrogens is 1. The predicted molar refractivity (Wildman–Crippen MR) is 47.6 cm³/mol. The van der Waals surface area contributed by atoms with Gasteiger partial charge in [-0.05, 0) is 19.1 Å². The van der Waals surface area contributed by atoms with Crippen LogP contribution in [0, 0.1) is 0 Å². The fraction of sp³-hybridized carbons (Fsp3) is 0.375. The summed E-state index contributed by atoms with van der Waals surface area (Å²) in [5.74, 6) is 1.50. The summed E-state index contributed by atoms with van der Waals surface area (Å²) in [6.07, 6.45) is 0. The quantitative estimate of drug-likeness (QED) is 0.688. The lowest BCUT2D eigenvalue weighted by Crippen LogP contribution is -2.17. The van der Waals surface area contributed by atoms with Crippen LogP contribution in [0.25, 0.3) is 0 Å². The Morgan fingerprint density at radius 1 is 1.55 bits per heavy atom. The molecular formula is C8H13N3. The summed E-state index contributed by atoms with van der Waals surface area (Å²) >= 11 is 0. The van der Waals surface area contributed by atoms with Crippen LogP contribution in [0.1, 0.15) is 6.92 Å². The molecule has 0 amide bonds. The molecule has 0 saturated heterocycles. The van der Waals surface area contributed by atoms with Crippen molar-refractivity contribution in [3.05, 3.63) is 18.2 Å². The van der Waals surface area contributed by atoms with Crippen LogP contribution >= 0.6 is 0 Å². The summed E-state index contributed by atoms with van der Waals surface area (Å²) in [7, 11) is 1.99. The van der Waals surface area contributed by atoms with E-state index in [1.807, 2.05) is 24.1 Å². The Balaban J connectivity index is 2.86. The van der Waals surface area contributed by atoms with Crippen molar-refractivity contribution >= 4 is 11.6 Å². The maximum Gasteiger partial charge on any atom is 0.130 e. The molecule has 1 aromatic heterocycles. The molecule has 0 saturated carbocycles. The third-order valence-corrected chi connectivity index (χ3v) is 1.62. The molecule has 1 heterocycles. The minimum absolute atomic E-state index is 0.572. The second-order valence-electron chi connectivity index (χ2n) is 2.43. The van der Waals surface area contributed by atoms with E-state index < -0.39 is 0 Å². The van der Waals surface area contributed by atoms with Gasteiger partial charge in [0.15, 0.2) is 0 Å². The van der Waals surface area contributed by atoms with Crippen molar-refractivity contribution < 1.29 is 0 Å². The normalized spacial score (nSPS) is 9.64. The molecule has 0 radical (unpaired) electrons. The van der Waals surface area contributed by atoms with Crippen molar-refractivity contribution in [1.82, 2.24) is 4.98 Å². The third-order valence-electron chi connectivity index (χ3n) is 1.62. The molecule has 0 aliphatic heterocycles. The summed E-state index contributed by atoms with van der Waals surface area (Å²) in [6.45, 7) is 3.02. The van der Waals surface area contributed by atoms with Gasteiger partial charge >= 0.3 is 0 Å². The van der Waals surface area contributed by atoms with Crippen molar-refractivity contribution in [3.8, 4) is 0 Å². The highest BCUT2D eigenvalue weighted by Gasteiger charge is 1.97. The summed E-state index contributed by atoms with van der Waals surface area (Å²) < 4.78 is 0. The van der Waals surface area contributed by atoms with Crippen molar-refractivity contribution in [3.63, 3.8) is 0 Å². The van der Waals surface area contributed by atoms with Gasteiger partial charge < -0.3 is 10.6 Å². The molecule has 0 fully saturated rings. The monoisotopic (exact) mass is 151 g/mol. The zero-order valence-electron chi connectivity index (χ0n) is 6.91. The Morgan fingerprint density at radius 2 is 2.27 bits per heavy atom. The van der Waals surface area contributed by atoms with Gasteiger partial charge in [0.2, 0.25) is 0 Å². The highest BCUT2D eigenvalue weighted by atomic mass is 15.2. The van der Waals surface area contributed by atoms with Crippen LogP contribution in [-0.2, 0) is 0 Å². The molecule has 1 aromatic rings. The molecule has 0 unspecified atom stereocenters. The third kappa shape index (κ3) is 1.83. The highest BCUT2D eigenvalue weighted by Crippen LogP contribution is 2.09. The number of rotatable bonds is 2. The van der Waals surface area contributed by atoms with Gasteiger partial charge in [-0.1, -0.05) is 6.07 Å². The zero-order valence-corrected chi connectivity index (χ0v) is 6.91. The first-order valence-corrected chi connectivity index (χ1v) is 3.67. The van der Waals surface area contributed by atoms with Gasteiger partial charge in [-0.2, -0.15) is 0 Å². The van der Waals surface area contributed by atoms with Gasteiger partial charge in [0.05, 0.1) is 0 Å². The summed E-state index contributed by atoms with van der Waals surface area (Å²) in [4.78, 5) is 6.19. The van der Waals surface area contributed by atoms with Gasteiger partial charge in [0, 0.05) is 13.6 Å². The molecule has 0 spiro atoms. The Morgan fingerprint density at radius 3 is 2.82 bits per heavy atom. The summed E-state index contributed by atoms with van der Waals surface area (Å²) in [5.41, 5.74) is 5.51. The second-order valence-corrected chi connectivity index (χ2v) is 2.43. The number of nitrogens with two attached hydrogens (primary N) is 1. The topological polar surface area (TPSA) is 42.1 Å². The van der Waals surface area contributed by atoms with E-state index in [4.69, 9.17) is 5.73 Å². The molecule has 0 aliphatic rings. The maximum atomic E-state index is 5.51. The van der Waals surface area contributed by atoms with Gasteiger partial charge in [-0.25, -0.2) is 4.98 Å². The van der Waals surface area contributed by atoms with Gasteiger partial charge in [0.1, 0.15) is 11.6 Å². The Hall–Kier alpha value is -1.25. The van der Waals surface area contributed by atoms with Crippen LogP contribution in [0.4, 0.5) is 11.6 Å². The van der Waals surface area contributed by atoms with Crippen molar-refractivity contribution in [1.29, 1.82) is 0 Å². The molecule has 11 heavy (non-hydrogen) atoms. The first-order chi connectivity index (χ1) is 5.24. The van der Waals surface area contributed by atoms with Gasteiger partial charge in [-0.15, -0.1) is 0 Å². The first kappa shape index (κ1) is 7.85. The molecule has 1 rings (SSSR count). The number of nitrogens with zero attached hydrogens (tertiary/aromatic N) is 2. The molecule has 0 bridgehead atoms. The summed E-state index contributed by atoms with van der Waals surface area (Å²) in [6, 6.07) is 5.64. The molecule has 3 nitrogen and oxygen atoms in total. The largest absolute Gasteiger partial charge is 0.384 e. The molecule has 0 atom stereocenters. The maximum absolute atomic E-state index is 5.51. The predicted octanol–water partition coefficient (Wildman–Crippen LogP) is 1.12. The minimum Gasteiger partial charge on any atom is -0.384 e. The summed E-state index contributed by atoms with van der Waals surface area (Å²) in [5, 5.41) is 0.